The Morgan fingerprint density at radius 3 is 2.18 bits per heavy atom. The SMILES string of the molecule is CN.CN.CNC(=O)[C@H](CC(N)=O)NC(=O)c1cc(C)on1. The summed E-state index contributed by atoms with van der Waals surface area (Å²) >= 11 is 0. The summed E-state index contributed by atoms with van der Waals surface area (Å²) in [5.74, 6) is -1.35. The Morgan fingerprint density at radius 1 is 1.27 bits per heavy atom. The third kappa shape index (κ3) is 7.97. The number of carbonyl (C=O) groups excluding carboxylic acids is 3. The van der Waals surface area contributed by atoms with Crippen LogP contribution in [0.2, 0.25) is 0 Å². The van der Waals surface area contributed by atoms with Gasteiger partial charge < -0.3 is 32.4 Å². The maximum absolute atomic E-state index is 11.7. The van der Waals surface area contributed by atoms with E-state index in [-0.39, 0.29) is 12.1 Å². The van der Waals surface area contributed by atoms with E-state index in [4.69, 9.17) is 10.3 Å². The van der Waals surface area contributed by atoms with E-state index in [0.29, 0.717) is 5.76 Å². The zero-order chi connectivity index (χ0) is 17.7. The van der Waals surface area contributed by atoms with Crippen molar-refractivity contribution in [3.05, 3.63) is 17.5 Å². The molecule has 0 aliphatic heterocycles. The van der Waals surface area contributed by atoms with Gasteiger partial charge in [-0.25, -0.2) is 0 Å². The molecule has 3 amide bonds. The zero-order valence-electron chi connectivity index (χ0n) is 13.2. The second-order valence-corrected chi connectivity index (χ2v) is 3.63. The van der Waals surface area contributed by atoms with E-state index >= 15 is 0 Å². The van der Waals surface area contributed by atoms with E-state index in [9.17, 15) is 14.4 Å². The van der Waals surface area contributed by atoms with Crippen LogP contribution >= 0.6 is 0 Å². The van der Waals surface area contributed by atoms with Gasteiger partial charge in [0.1, 0.15) is 11.8 Å². The second kappa shape index (κ2) is 12.3. The summed E-state index contributed by atoms with van der Waals surface area (Å²) in [7, 11) is 4.39. The summed E-state index contributed by atoms with van der Waals surface area (Å²) in [6, 6.07) is 0.387. The van der Waals surface area contributed by atoms with Gasteiger partial charge >= 0.3 is 0 Å². The molecule has 1 aromatic rings. The van der Waals surface area contributed by atoms with Crippen LogP contribution in [0.3, 0.4) is 0 Å². The van der Waals surface area contributed by atoms with E-state index in [2.05, 4.69) is 27.3 Å². The van der Waals surface area contributed by atoms with Crippen molar-refractivity contribution in [3.8, 4) is 0 Å². The molecule has 0 aromatic carbocycles. The molecule has 1 heterocycles. The molecule has 126 valence electrons. The minimum Gasteiger partial charge on any atom is -0.370 e. The number of amides is 3. The number of carbonyl (C=O) groups is 3. The monoisotopic (exact) mass is 316 g/mol. The standard InChI is InChI=1S/C10H14N4O4.2CH5N/c1-5-3-7(14-18-5)10(17)13-6(4-8(11)15)9(16)12-2;2*1-2/h3,6H,4H2,1-2H3,(H2,11,15)(H,12,16)(H,13,17);2*2H2,1H3/t6-;;/m0../s1. The fraction of sp³-hybridized carbons (Fsp3) is 0.500. The molecule has 22 heavy (non-hydrogen) atoms. The van der Waals surface area contributed by atoms with Crippen LogP contribution in [0.15, 0.2) is 10.6 Å². The highest BCUT2D eigenvalue weighted by molar-refractivity contribution is 5.97. The van der Waals surface area contributed by atoms with Gasteiger partial charge in [0.2, 0.25) is 11.8 Å². The Morgan fingerprint density at radius 2 is 1.82 bits per heavy atom. The van der Waals surface area contributed by atoms with Crippen molar-refractivity contribution in [1.29, 1.82) is 0 Å². The molecule has 0 spiro atoms. The van der Waals surface area contributed by atoms with Crippen molar-refractivity contribution >= 4 is 17.7 Å². The van der Waals surface area contributed by atoms with Gasteiger partial charge in [-0.1, -0.05) is 5.16 Å². The largest absolute Gasteiger partial charge is 0.370 e. The number of nitrogens with zero attached hydrogens (tertiary/aromatic N) is 1. The molecular weight excluding hydrogens is 292 g/mol. The Labute approximate surface area is 128 Å². The van der Waals surface area contributed by atoms with Crippen molar-refractivity contribution in [2.24, 2.45) is 17.2 Å². The smallest absolute Gasteiger partial charge is 0.274 e. The van der Waals surface area contributed by atoms with Gasteiger partial charge in [-0.2, -0.15) is 0 Å². The van der Waals surface area contributed by atoms with Gasteiger partial charge in [-0.05, 0) is 21.0 Å². The van der Waals surface area contributed by atoms with Gasteiger partial charge in [0.15, 0.2) is 5.69 Å². The number of hydrogen-bond donors (Lipinski definition) is 5. The Bertz CT molecular complexity index is 474. The minimum absolute atomic E-state index is 0.0332. The summed E-state index contributed by atoms with van der Waals surface area (Å²) in [6.07, 6.45) is -0.289. The third-order valence-electron chi connectivity index (χ3n) is 2.13. The van der Waals surface area contributed by atoms with Gasteiger partial charge in [-0.15, -0.1) is 0 Å². The van der Waals surface area contributed by atoms with Crippen LogP contribution in [0.5, 0.6) is 0 Å². The lowest BCUT2D eigenvalue weighted by atomic mass is 10.1. The predicted octanol–water partition coefficient (Wildman–Crippen LogP) is -2.15. The Balaban J connectivity index is 0. The van der Waals surface area contributed by atoms with E-state index in [1.807, 2.05) is 0 Å². The first-order valence-corrected chi connectivity index (χ1v) is 6.33. The zero-order valence-corrected chi connectivity index (χ0v) is 13.2. The molecule has 0 aliphatic carbocycles. The molecular formula is C12H24N6O4. The van der Waals surface area contributed by atoms with Crippen LogP contribution in [0, 0.1) is 6.92 Å². The van der Waals surface area contributed by atoms with Crippen LogP contribution < -0.4 is 27.8 Å². The van der Waals surface area contributed by atoms with Gasteiger partial charge in [-0.3, -0.25) is 14.4 Å². The summed E-state index contributed by atoms with van der Waals surface area (Å²) in [5.41, 5.74) is 14.0. The van der Waals surface area contributed by atoms with Crippen LogP contribution in [-0.4, -0.2) is 50.1 Å². The number of likely N-dealkylation sites (N-methyl/N-ethyl adjacent to an activating group) is 1. The van der Waals surface area contributed by atoms with Crippen LogP contribution in [0.4, 0.5) is 0 Å². The normalized spacial score (nSPS) is 10.1. The molecule has 0 saturated carbocycles. The molecule has 1 atom stereocenters. The average molecular weight is 316 g/mol. The quantitative estimate of drug-likeness (QED) is 0.410. The third-order valence-corrected chi connectivity index (χ3v) is 2.13. The highest BCUT2D eigenvalue weighted by atomic mass is 16.5. The molecule has 1 aromatic heterocycles. The average Bonchev–Trinajstić information content (AvgIpc) is 2.96. The molecule has 8 N–H and O–H groups in total. The lowest BCUT2D eigenvalue weighted by Crippen LogP contribution is -2.47. The van der Waals surface area contributed by atoms with Crippen molar-refractivity contribution in [2.45, 2.75) is 19.4 Å². The summed E-state index contributed by atoms with van der Waals surface area (Å²) < 4.78 is 4.73. The molecule has 0 radical (unpaired) electrons. The highest BCUT2D eigenvalue weighted by Gasteiger charge is 2.23. The summed E-state index contributed by atoms with van der Waals surface area (Å²) in [5, 5.41) is 8.18. The van der Waals surface area contributed by atoms with Crippen molar-refractivity contribution < 1.29 is 18.9 Å². The van der Waals surface area contributed by atoms with Crippen molar-refractivity contribution in [2.75, 3.05) is 21.1 Å². The Hall–Kier alpha value is -2.46. The molecule has 0 bridgehead atoms. The molecule has 0 unspecified atom stereocenters. The van der Waals surface area contributed by atoms with Gasteiger partial charge in [0.25, 0.3) is 5.91 Å². The van der Waals surface area contributed by atoms with Crippen LogP contribution in [-0.2, 0) is 9.59 Å². The first-order chi connectivity index (χ1) is 10.4. The van der Waals surface area contributed by atoms with Gasteiger partial charge in [0, 0.05) is 13.1 Å². The Kier molecular flexibility index (Phi) is 12.2. The fourth-order valence-electron chi connectivity index (χ4n) is 1.29. The van der Waals surface area contributed by atoms with Gasteiger partial charge in [0.05, 0.1) is 6.42 Å². The molecule has 0 fully saturated rings. The molecule has 0 aliphatic rings. The van der Waals surface area contributed by atoms with E-state index in [1.165, 1.54) is 27.2 Å². The number of nitrogens with two attached hydrogens (primary N) is 3. The van der Waals surface area contributed by atoms with E-state index < -0.39 is 23.8 Å². The molecule has 1 rings (SSSR count). The van der Waals surface area contributed by atoms with E-state index in [0.717, 1.165) is 0 Å². The number of hydrogen-bond acceptors (Lipinski definition) is 7. The number of aryl methyl sites for hydroxylation is 1. The lowest BCUT2D eigenvalue weighted by Gasteiger charge is -2.14. The molecule has 0 saturated heterocycles. The number of primary amides is 1. The summed E-state index contributed by atoms with van der Waals surface area (Å²) in [4.78, 5) is 34.0. The maximum Gasteiger partial charge on any atom is 0.274 e. The second-order valence-electron chi connectivity index (χ2n) is 3.63. The number of rotatable bonds is 5. The highest BCUT2D eigenvalue weighted by Crippen LogP contribution is 2.02. The first-order valence-electron chi connectivity index (χ1n) is 6.33. The van der Waals surface area contributed by atoms with Crippen LogP contribution in [0.25, 0.3) is 0 Å². The first kappa shape index (κ1) is 21.8. The van der Waals surface area contributed by atoms with Crippen molar-refractivity contribution in [3.63, 3.8) is 0 Å². The topological polar surface area (TPSA) is 179 Å². The van der Waals surface area contributed by atoms with E-state index in [1.54, 1.807) is 6.92 Å². The number of nitrogens with one attached hydrogen (secondary N) is 2. The summed E-state index contributed by atoms with van der Waals surface area (Å²) in [6.45, 7) is 1.63. The predicted molar refractivity (Wildman–Crippen MR) is 80.6 cm³/mol. The van der Waals surface area contributed by atoms with Crippen molar-refractivity contribution in [1.82, 2.24) is 15.8 Å². The molecule has 10 nitrogen and oxygen atoms in total. The molecule has 10 heteroatoms. The van der Waals surface area contributed by atoms with Crippen LogP contribution in [0.1, 0.15) is 22.7 Å². The maximum atomic E-state index is 11.7. The number of aromatic nitrogens is 1. The minimum atomic E-state index is -1.03. The fourth-order valence-corrected chi connectivity index (χ4v) is 1.29. The lowest BCUT2D eigenvalue weighted by molar-refractivity contribution is -0.126.